The Balaban J connectivity index is 2.19. The van der Waals surface area contributed by atoms with Crippen LogP contribution in [-0.4, -0.2) is 28.6 Å². The molecule has 0 spiro atoms. The third-order valence-corrected chi connectivity index (χ3v) is 4.04. The van der Waals surface area contributed by atoms with Crippen molar-refractivity contribution in [2.75, 3.05) is 6.26 Å². The number of pyridine rings is 1. The monoisotopic (exact) mass is 295 g/mol. The van der Waals surface area contributed by atoms with E-state index >= 15 is 0 Å². The molecule has 0 aliphatic carbocycles. The van der Waals surface area contributed by atoms with Crippen molar-refractivity contribution < 1.29 is 0 Å². The predicted molar refractivity (Wildman–Crippen MR) is 89.3 cm³/mol. The molecule has 0 bridgehead atoms. The molecule has 21 heavy (non-hydrogen) atoms. The molecule has 0 atom stereocenters. The molecule has 0 fully saturated rings. The van der Waals surface area contributed by atoms with Gasteiger partial charge in [-0.2, -0.15) is 0 Å². The second-order valence-electron chi connectivity index (χ2n) is 4.82. The van der Waals surface area contributed by atoms with E-state index in [9.17, 15) is 4.79 Å². The third kappa shape index (κ3) is 2.71. The Morgan fingerprint density at radius 3 is 2.81 bits per heavy atom. The second-order valence-corrected chi connectivity index (χ2v) is 5.59. The number of nitrogens with zero attached hydrogens (tertiary/aromatic N) is 3. The summed E-state index contributed by atoms with van der Waals surface area (Å²) in [6, 6.07) is 11.4. The Bertz CT molecular complexity index is 863. The van der Waals surface area contributed by atoms with Crippen molar-refractivity contribution in [1.82, 2.24) is 14.5 Å². The highest BCUT2D eigenvalue weighted by Crippen LogP contribution is 2.14. The molecular weight excluding hydrogens is 281 g/mol. The lowest BCUT2D eigenvalue weighted by Crippen LogP contribution is -2.24. The highest BCUT2D eigenvalue weighted by Gasteiger charge is 2.08. The van der Waals surface area contributed by atoms with Crippen LogP contribution in [0.5, 0.6) is 0 Å². The van der Waals surface area contributed by atoms with Gasteiger partial charge >= 0.3 is 0 Å². The fraction of sp³-hybridized carbons (Fsp3) is 0.133. The molecule has 0 radical (unpaired) electrons. The molecule has 1 aromatic carbocycles. The van der Waals surface area contributed by atoms with Crippen LogP contribution in [0.25, 0.3) is 11.0 Å². The van der Waals surface area contributed by atoms with Gasteiger partial charge in [0.05, 0.1) is 6.54 Å². The fourth-order valence-corrected chi connectivity index (χ4v) is 2.60. The molecule has 0 unspecified atom stereocenters. The van der Waals surface area contributed by atoms with Crippen molar-refractivity contribution in [3.05, 3.63) is 58.5 Å². The third-order valence-electron chi connectivity index (χ3n) is 3.47. The summed E-state index contributed by atoms with van der Waals surface area (Å²) in [5, 5.41) is 1.55. The molecule has 6 heteroatoms. The van der Waals surface area contributed by atoms with Gasteiger partial charge in [0, 0.05) is 17.6 Å². The molecule has 2 heterocycles. The van der Waals surface area contributed by atoms with Gasteiger partial charge in [-0.3, -0.25) is 9.36 Å². The summed E-state index contributed by atoms with van der Waals surface area (Å²) in [7, 11) is 2.05. The van der Waals surface area contributed by atoms with Gasteiger partial charge in [-0.05, 0) is 17.9 Å². The van der Waals surface area contributed by atoms with Crippen molar-refractivity contribution in [2.45, 2.75) is 11.7 Å². The van der Waals surface area contributed by atoms with Crippen molar-refractivity contribution in [1.29, 1.82) is 0 Å². The molecule has 0 N–H and O–H groups in total. The van der Waals surface area contributed by atoms with Crippen LogP contribution in [0.2, 0.25) is 0 Å². The molecule has 3 rings (SSSR count). The van der Waals surface area contributed by atoms with E-state index in [0.29, 0.717) is 17.3 Å². The summed E-state index contributed by atoms with van der Waals surface area (Å²) in [4.78, 5) is 21.0. The zero-order chi connectivity index (χ0) is 14.8. The van der Waals surface area contributed by atoms with Crippen LogP contribution in [0.3, 0.4) is 0 Å². The highest BCUT2D eigenvalue weighted by molar-refractivity contribution is 7.98. The first kappa shape index (κ1) is 13.9. The average Bonchev–Trinajstić information content (AvgIpc) is 2.51. The molecule has 0 saturated heterocycles. The Morgan fingerprint density at radius 2 is 2.05 bits per heavy atom. The molecule has 0 aliphatic rings. The number of thioether (sulfide) groups is 1. The maximum absolute atomic E-state index is 12.2. The lowest BCUT2D eigenvalue weighted by molar-refractivity contribution is 0.775. The van der Waals surface area contributed by atoms with Crippen molar-refractivity contribution in [3.8, 4) is 0 Å². The van der Waals surface area contributed by atoms with Crippen LogP contribution in [0.4, 0.5) is 0 Å². The highest BCUT2D eigenvalue weighted by atomic mass is 32.2. The number of hydrogen-bond donors (Lipinski definition) is 0. The Labute approximate surface area is 127 Å². The average molecular weight is 295 g/mol. The van der Waals surface area contributed by atoms with Crippen LogP contribution < -0.4 is 11.0 Å². The first-order chi connectivity index (χ1) is 10.2. The van der Waals surface area contributed by atoms with Gasteiger partial charge in [-0.25, -0.2) is 9.97 Å². The van der Waals surface area contributed by atoms with E-state index in [0.717, 1.165) is 10.9 Å². The minimum atomic E-state index is -0.0449. The topological polar surface area (TPSA) is 47.8 Å². The SMILES string of the molecule is Bc1ccccc1Cn1c(=O)ccc2cnc(SC)nc21. The zero-order valence-electron chi connectivity index (χ0n) is 11.9. The number of rotatable bonds is 3. The van der Waals surface area contributed by atoms with E-state index in [1.54, 1.807) is 22.9 Å². The summed E-state index contributed by atoms with van der Waals surface area (Å²) < 4.78 is 1.71. The van der Waals surface area contributed by atoms with Crippen molar-refractivity contribution >= 4 is 36.1 Å². The molecule has 3 aromatic rings. The van der Waals surface area contributed by atoms with Gasteiger partial charge in [0.15, 0.2) is 5.16 Å². The molecule has 0 aliphatic heterocycles. The van der Waals surface area contributed by atoms with E-state index < -0.39 is 0 Å². The first-order valence-corrected chi connectivity index (χ1v) is 7.86. The Hall–Kier alpha value is -2.08. The molecular formula is C15H14BN3OS. The first-order valence-electron chi connectivity index (χ1n) is 6.64. The van der Waals surface area contributed by atoms with Crippen LogP contribution in [0, 0.1) is 0 Å². The van der Waals surface area contributed by atoms with Gasteiger partial charge in [-0.1, -0.05) is 41.5 Å². The summed E-state index contributed by atoms with van der Waals surface area (Å²) in [5.41, 5.74) is 2.93. The minimum absolute atomic E-state index is 0.0449. The Kier molecular flexibility index (Phi) is 3.79. The molecule has 104 valence electrons. The van der Waals surface area contributed by atoms with Gasteiger partial charge in [0.25, 0.3) is 5.56 Å². The molecule has 0 saturated carbocycles. The van der Waals surface area contributed by atoms with Crippen molar-refractivity contribution in [3.63, 3.8) is 0 Å². The molecule has 4 nitrogen and oxygen atoms in total. The maximum Gasteiger partial charge on any atom is 0.252 e. The van der Waals surface area contributed by atoms with Crippen LogP contribution >= 0.6 is 11.8 Å². The summed E-state index contributed by atoms with van der Waals surface area (Å²) in [5.74, 6) is 0. The molecule has 2 aromatic heterocycles. The Morgan fingerprint density at radius 1 is 1.24 bits per heavy atom. The zero-order valence-corrected chi connectivity index (χ0v) is 12.7. The minimum Gasteiger partial charge on any atom is -0.288 e. The van der Waals surface area contributed by atoms with E-state index in [2.05, 4.69) is 9.97 Å². The van der Waals surface area contributed by atoms with Gasteiger partial charge in [0.1, 0.15) is 13.5 Å². The lowest BCUT2D eigenvalue weighted by Gasteiger charge is -2.11. The standard InChI is InChI=1S/C15H14BN3OS/c1-21-15-17-8-10-6-7-13(20)19(14(10)18-15)9-11-4-2-3-5-12(11)16/h2-8H,9,16H2,1H3. The second kappa shape index (κ2) is 5.73. The van der Waals surface area contributed by atoms with E-state index in [1.165, 1.54) is 17.2 Å². The van der Waals surface area contributed by atoms with Crippen LogP contribution in [0.1, 0.15) is 5.56 Å². The van der Waals surface area contributed by atoms with Crippen LogP contribution in [0.15, 0.2) is 52.5 Å². The quantitative estimate of drug-likeness (QED) is 0.408. The maximum atomic E-state index is 12.2. The fourth-order valence-electron chi connectivity index (χ4n) is 2.26. The number of fused-ring (bicyclic) bond motifs is 1. The summed E-state index contributed by atoms with van der Waals surface area (Å²) in [6.07, 6.45) is 3.69. The normalized spacial score (nSPS) is 10.9. The summed E-state index contributed by atoms with van der Waals surface area (Å²) in [6.45, 7) is 0.522. The largest absolute Gasteiger partial charge is 0.288 e. The lowest BCUT2D eigenvalue weighted by atomic mass is 9.90. The number of benzene rings is 1. The number of hydrogen-bond acceptors (Lipinski definition) is 4. The summed E-state index contributed by atoms with van der Waals surface area (Å²) >= 11 is 1.47. The van der Waals surface area contributed by atoms with Crippen molar-refractivity contribution in [2.24, 2.45) is 0 Å². The smallest absolute Gasteiger partial charge is 0.252 e. The molecule has 0 amide bonds. The number of aromatic nitrogens is 3. The van der Waals surface area contributed by atoms with E-state index in [1.807, 2.05) is 38.4 Å². The van der Waals surface area contributed by atoms with E-state index in [-0.39, 0.29) is 5.56 Å². The van der Waals surface area contributed by atoms with Gasteiger partial charge in [-0.15, -0.1) is 0 Å². The predicted octanol–water partition coefficient (Wildman–Crippen LogP) is 0.820. The van der Waals surface area contributed by atoms with Crippen LogP contribution in [-0.2, 0) is 6.54 Å². The van der Waals surface area contributed by atoms with Gasteiger partial charge < -0.3 is 0 Å². The van der Waals surface area contributed by atoms with E-state index in [4.69, 9.17) is 0 Å². The van der Waals surface area contributed by atoms with Gasteiger partial charge in [0.2, 0.25) is 0 Å².